The largest absolute Gasteiger partial charge is 0.457 e. The maximum atomic E-state index is 15.0. The lowest BCUT2D eigenvalue weighted by atomic mass is 9.92. The summed E-state index contributed by atoms with van der Waals surface area (Å²) in [5, 5.41) is 10.9. The second-order valence-electron chi connectivity index (χ2n) is 10.5. The third-order valence-electron chi connectivity index (χ3n) is 6.00. The van der Waals surface area contributed by atoms with Crippen molar-refractivity contribution in [3.05, 3.63) is 90.6 Å². The fourth-order valence-electron chi connectivity index (χ4n) is 4.02. The van der Waals surface area contributed by atoms with Gasteiger partial charge in [0.15, 0.2) is 0 Å². The van der Waals surface area contributed by atoms with Crippen molar-refractivity contribution in [3.63, 3.8) is 0 Å². The van der Waals surface area contributed by atoms with E-state index in [1.807, 2.05) is 51.1 Å². The summed E-state index contributed by atoms with van der Waals surface area (Å²) in [6.07, 6.45) is 4.07. The Bertz CT molecular complexity index is 1900. The van der Waals surface area contributed by atoms with Crippen LogP contribution in [0.15, 0.2) is 79.1 Å². The van der Waals surface area contributed by atoms with Crippen LogP contribution in [0, 0.1) is 5.82 Å². The van der Waals surface area contributed by atoms with Crippen LogP contribution in [0.4, 0.5) is 26.5 Å². The Labute approximate surface area is 241 Å². The number of rotatable bonds is 7. The van der Waals surface area contributed by atoms with E-state index >= 15 is 0 Å². The average molecular weight is 590 g/mol. The van der Waals surface area contributed by atoms with Gasteiger partial charge in [0.25, 0.3) is 0 Å². The molecule has 13 heteroatoms. The molecule has 0 saturated carbocycles. The minimum absolute atomic E-state index is 0.0552. The molecule has 42 heavy (non-hydrogen) atoms. The van der Waals surface area contributed by atoms with Crippen molar-refractivity contribution in [1.29, 1.82) is 0 Å². The Kier molecular flexibility index (Phi) is 7.52. The smallest absolute Gasteiger partial charge is 0.324 e. The maximum absolute atomic E-state index is 15.0. The second-order valence-corrected chi connectivity index (χ2v) is 12.3. The number of benzene rings is 2. The van der Waals surface area contributed by atoms with Gasteiger partial charge >= 0.3 is 6.03 Å². The molecule has 0 unspecified atom stereocenters. The lowest BCUT2D eigenvalue weighted by molar-refractivity contribution is 0.262. The minimum atomic E-state index is -3.53. The fourth-order valence-corrected chi connectivity index (χ4v) is 4.51. The van der Waals surface area contributed by atoms with Crippen LogP contribution in [-0.2, 0) is 15.4 Å². The highest BCUT2D eigenvalue weighted by Gasteiger charge is 2.22. The lowest BCUT2D eigenvalue weighted by Crippen LogP contribution is -2.22. The van der Waals surface area contributed by atoms with Crippen LogP contribution in [0.1, 0.15) is 26.5 Å². The van der Waals surface area contributed by atoms with Gasteiger partial charge < -0.3 is 10.1 Å². The van der Waals surface area contributed by atoms with Gasteiger partial charge in [-0.15, -0.1) is 0 Å². The molecule has 0 radical (unpaired) electrons. The van der Waals surface area contributed by atoms with E-state index in [1.54, 1.807) is 16.9 Å². The number of ether oxygens (including phenoxy) is 1. The summed E-state index contributed by atoms with van der Waals surface area (Å²) < 4.78 is 47.4. The number of fused-ring (bicyclic) bond motifs is 1. The van der Waals surface area contributed by atoms with E-state index < -0.39 is 21.9 Å². The fraction of sp³-hybridized carbons (Fsp3) is 0.172. The summed E-state index contributed by atoms with van der Waals surface area (Å²) in [6, 6.07) is 17.3. The zero-order valence-electron chi connectivity index (χ0n) is 23.2. The number of aromatic nitrogens is 4. The minimum Gasteiger partial charge on any atom is -0.457 e. The molecule has 2 amide bonds. The topological polar surface area (TPSA) is 140 Å². The van der Waals surface area contributed by atoms with Crippen LogP contribution in [0.2, 0.25) is 0 Å². The number of halogens is 1. The summed E-state index contributed by atoms with van der Waals surface area (Å²) >= 11 is 0. The molecule has 3 aromatic heterocycles. The first-order valence-corrected chi connectivity index (χ1v) is 14.7. The van der Waals surface area contributed by atoms with E-state index in [4.69, 9.17) is 9.84 Å². The summed E-state index contributed by atoms with van der Waals surface area (Å²) in [5.74, 6) is 0.0871. The molecular formula is C29H28FN7O4S. The van der Waals surface area contributed by atoms with Crippen molar-refractivity contribution in [1.82, 2.24) is 19.7 Å². The van der Waals surface area contributed by atoms with Crippen molar-refractivity contribution >= 4 is 44.3 Å². The summed E-state index contributed by atoms with van der Waals surface area (Å²) in [7, 11) is -3.53. The van der Waals surface area contributed by atoms with Crippen LogP contribution in [0.5, 0.6) is 11.5 Å². The van der Waals surface area contributed by atoms with Crippen LogP contribution in [0.3, 0.4) is 0 Å². The quantitative estimate of drug-likeness (QED) is 0.210. The van der Waals surface area contributed by atoms with Crippen LogP contribution in [0.25, 0.3) is 16.6 Å². The standard InChI is InChI=1S/C29H28FN7O4S/c1-29(2,3)25-17-27(37(35-25)19-7-9-23-18(14-19)6-5-12-31-23)34-28(38)33-24-10-8-20(15-22(24)30)41-21-11-13-32-26(16-21)36-42(4,39)40/h5-17H,1-4H3,(H,32,36)(H2,33,34,38). The van der Waals surface area contributed by atoms with Crippen molar-refractivity contribution < 1.29 is 22.3 Å². The predicted molar refractivity (Wildman–Crippen MR) is 159 cm³/mol. The van der Waals surface area contributed by atoms with Crippen molar-refractivity contribution in [2.24, 2.45) is 0 Å². The predicted octanol–water partition coefficient (Wildman–Crippen LogP) is 6.06. The van der Waals surface area contributed by atoms with E-state index in [0.717, 1.165) is 34.6 Å². The van der Waals surface area contributed by atoms with E-state index in [-0.39, 0.29) is 28.4 Å². The van der Waals surface area contributed by atoms with Crippen LogP contribution in [-0.4, -0.2) is 40.5 Å². The first-order chi connectivity index (χ1) is 19.8. The number of nitrogens with zero attached hydrogens (tertiary/aromatic N) is 4. The van der Waals surface area contributed by atoms with Gasteiger partial charge in [0.05, 0.1) is 28.8 Å². The van der Waals surface area contributed by atoms with Crippen LogP contribution >= 0.6 is 0 Å². The van der Waals surface area contributed by atoms with Gasteiger partial charge in [-0.3, -0.25) is 15.0 Å². The normalized spacial score (nSPS) is 11.7. The van der Waals surface area contributed by atoms with Gasteiger partial charge in [0, 0.05) is 41.4 Å². The number of amides is 2. The summed E-state index contributed by atoms with van der Waals surface area (Å²) in [5.41, 5.74) is 1.93. The van der Waals surface area contributed by atoms with Gasteiger partial charge in [-0.25, -0.2) is 27.3 Å². The van der Waals surface area contributed by atoms with Gasteiger partial charge in [0.2, 0.25) is 10.0 Å². The van der Waals surface area contributed by atoms with Gasteiger partial charge in [-0.1, -0.05) is 26.8 Å². The molecule has 216 valence electrons. The van der Waals surface area contributed by atoms with Crippen LogP contribution < -0.4 is 20.1 Å². The highest BCUT2D eigenvalue weighted by Crippen LogP contribution is 2.29. The molecule has 3 heterocycles. The van der Waals surface area contributed by atoms with E-state index in [1.165, 1.54) is 30.5 Å². The number of hydrogen-bond acceptors (Lipinski definition) is 7. The zero-order chi connectivity index (χ0) is 30.1. The molecular weight excluding hydrogens is 561 g/mol. The summed E-state index contributed by atoms with van der Waals surface area (Å²) in [6.45, 7) is 6.05. The maximum Gasteiger partial charge on any atom is 0.324 e. The lowest BCUT2D eigenvalue weighted by Gasteiger charge is -2.14. The van der Waals surface area contributed by atoms with E-state index in [2.05, 4.69) is 25.3 Å². The number of pyridine rings is 2. The van der Waals surface area contributed by atoms with Crippen molar-refractivity contribution in [2.75, 3.05) is 21.6 Å². The number of carbonyl (C=O) groups is 1. The summed E-state index contributed by atoms with van der Waals surface area (Å²) in [4.78, 5) is 21.2. The molecule has 0 saturated heterocycles. The molecule has 5 aromatic rings. The van der Waals surface area contributed by atoms with Crippen molar-refractivity contribution in [3.8, 4) is 17.2 Å². The Morgan fingerprint density at radius 3 is 2.45 bits per heavy atom. The van der Waals surface area contributed by atoms with E-state index in [0.29, 0.717) is 5.82 Å². The molecule has 3 N–H and O–H groups in total. The SMILES string of the molecule is CC(C)(C)c1cc(NC(=O)Nc2ccc(Oc3ccnc(NS(C)(=O)=O)c3)cc2F)n(-c2ccc3ncccc3c2)n1. The zero-order valence-corrected chi connectivity index (χ0v) is 24.0. The number of urea groups is 1. The Hall–Kier alpha value is -5.04. The van der Waals surface area contributed by atoms with Crippen molar-refractivity contribution in [2.45, 2.75) is 26.2 Å². The highest BCUT2D eigenvalue weighted by atomic mass is 32.2. The molecule has 0 aliphatic carbocycles. The molecule has 5 rings (SSSR count). The number of hydrogen-bond donors (Lipinski definition) is 3. The number of nitrogens with one attached hydrogen (secondary N) is 3. The Morgan fingerprint density at radius 2 is 1.71 bits per heavy atom. The third kappa shape index (κ3) is 6.81. The van der Waals surface area contributed by atoms with E-state index in [9.17, 15) is 17.6 Å². The second kappa shape index (κ2) is 11.1. The van der Waals surface area contributed by atoms with Gasteiger partial charge in [-0.2, -0.15) is 5.10 Å². The van der Waals surface area contributed by atoms with Gasteiger partial charge in [-0.05, 0) is 42.5 Å². The third-order valence-corrected chi connectivity index (χ3v) is 6.58. The van der Waals surface area contributed by atoms with Gasteiger partial charge in [0.1, 0.15) is 29.0 Å². The average Bonchev–Trinajstić information content (AvgIpc) is 3.33. The molecule has 0 atom stereocenters. The monoisotopic (exact) mass is 589 g/mol. The number of anilines is 3. The molecule has 2 aromatic carbocycles. The Balaban J connectivity index is 1.33. The molecule has 11 nitrogen and oxygen atoms in total. The Morgan fingerprint density at radius 1 is 0.929 bits per heavy atom. The molecule has 0 spiro atoms. The molecule has 0 aliphatic rings. The first-order valence-electron chi connectivity index (χ1n) is 12.8. The first kappa shape index (κ1) is 28.5. The molecule has 0 bridgehead atoms. The number of carbonyl (C=O) groups excluding carboxylic acids is 1. The molecule has 0 fully saturated rings. The molecule has 0 aliphatic heterocycles. The highest BCUT2D eigenvalue weighted by molar-refractivity contribution is 7.92. The number of sulfonamides is 1.